The average Bonchev–Trinajstić information content (AvgIpc) is 2.85. The third-order valence-corrected chi connectivity index (χ3v) is 3.63. The molecule has 0 bridgehead atoms. The lowest BCUT2D eigenvalue weighted by atomic mass is 10.2. The van der Waals surface area contributed by atoms with Crippen molar-refractivity contribution in [3.63, 3.8) is 0 Å². The molecular formula is C16H9Cl2NO2. The van der Waals surface area contributed by atoms with Gasteiger partial charge in [0.2, 0.25) is 5.90 Å². The number of aliphatic imine (C=N–C) groups is 1. The Hall–Kier alpha value is -2.10. The SMILES string of the molecule is O=C1OC(c2ccccc2)=N/C1=C\c1ccc(Cl)c(Cl)c1. The Labute approximate surface area is 131 Å². The molecule has 0 saturated carbocycles. The quantitative estimate of drug-likeness (QED) is 0.610. The number of rotatable bonds is 2. The van der Waals surface area contributed by atoms with E-state index in [2.05, 4.69) is 4.99 Å². The second kappa shape index (κ2) is 5.72. The highest BCUT2D eigenvalue weighted by molar-refractivity contribution is 6.42. The van der Waals surface area contributed by atoms with Gasteiger partial charge in [0.15, 0.2) is 5.70 Å². The third kappa shape index (κ3) is 2.99. The van der Waals surface area contributed by atoms with Gasteiger partial charge in [-0.25, -0.2) is 9.79 Å². The van der Waals surface area contributed by atoms with Crippen molar-refractivity contribution in [2.24, 2.45) is 4.99 Å². The average molecular weight is 318 g/mol. The van der Waals surface area contributed by atoms with Crippen LogP contribution in [0.3, 0.4) is 0 Å². The van der Waals surface area contributed by atoms with Gasteiger partial charge in [-0.05, 0) is 35.9 Å². The molecule has 21 heavy (non-hydrogen) atoms. The molecule has 0 saturated heterocycles. The normalized spacial score (nSPS) is 16.0. The molecule has 3 nitrogen and oxygen atoms in total. The molecular weight excluding hydrogens is 309 g/mol. The maximum absolute atomic E-state index is 11.9. The van der Waals surface area contributed by atoms with Gasteiger partial charge < -0.3 is 4.74 Å². The fraction of sp³-hybridized carbons (Fsp3) is 0. The number of carbonyl (C=O) groups excluding carboxylic acids is 1. The topological polar surface area (TPSA) is 38.7 Å². The van der Waals surface area contributed by atoms with Gasteiger partial charge in [-0.2, -0.15) is 0 Å². The Kier molecular flexibility index (Phi) is 3.78. The number of hydrogen-bond donors (Lipinski definition) is 0. The summed E-state index contributed by atoms with van der Waals surface area (Å²) in [6, 6.07) is 14.3. The van der Waals surface area contributed by atoms with Crippen molar-refractivity contribution < 1.29 is 9.53 Å². The fourth-order valence-corrected chi connectivity index (χ4v) is 2.18. The van der Waals surface area contributed by atoms with Gasteiger partial charge in [-0.3, -0.25) is 0 Å². The Bertz CT molecular complexity index is 767. The van der Waals surface area contributed by atoms with Crippen molar-refractivity contribution in [1.82, 2.24) is 0 Å². The van der Waals surface area contributed by atoms with E-state index in [1.54, 1.807) is 24.3 Å². The van der Waals surface area contributed by atoms with Crippen molar-refractivity contribution in [1.29, 1.82) is 0 Å². The highest BCUT2D eigenvalue weighted by Gasteiger charge is 2.23. The van der Waals surface area contributed by atoms with Crippen LogP contribution in [-0.2, 0) is 9.53 Å². The molecule has 104 valence electrons. The minimum Gasteiger partial charge on any atom is -0.402 e. The fourth-order valence-electron chi connectivity index (χ4n) is 1.87. The molecule has 0 fully saturated rings. The van der Waals surface area contributed by atoms with Gasteiger partial charge in [-0.15, -0.1) is 0 Å². The monoisotopic (exact) mass is 317 g/mol. The summed E-state index contributed by atoms with van der Waals surface area (Å²) in [6.07, 6.45) is 1.61. The first-order valence-electron chi connectivity index (χ1n) is 6.16. The number of benzene rings is 2. The molecule has 2 aromatic rings. The summed E-state index contributed by atoms with van der Waals surface area (Å²) in [6.45, 7) is 0. The zero-order chi connectivity index (χ0) is 14.8. The number of hydrogen-bond acceptors (Lipinski definition) is 3. The molecule has 1 heterocycles. The largest absolute Gasteiger partial charge is 0.402 e. The van der Waals surface area contributed by atoms with Crippen LogP contribution in [0.25, 0.3) is 6.08 Å². The molecule has 3 rings (SSSR count). The first-order chi connectivity index (χ1) is 10.1. The summed E-state index contributed by atoms with van der Waals surface area (Å²) in [4.78, 5) is 16.1. The number of cyclic esters (lactones) is 1. The number of esters is 1. The lowest BCUT2D eigenvalue weighted by Crippen LogP contribution is -2.04. The van der Waals surface area contributed by atoms with Crippen molar-refractivity contribution in [3.8, 4) is 0 Å². The highest BCUT2D eigenvalue weighted by Crippen LogP contribution is 2.25. The van der Waals surface area contributed by atoms with E-state index in [1.807, 2.05) is 30.3 Å². The summed E-state index contributed by atoms with van der Waals surface area (Å²) in [5.74, 6) is -0.188. The molecule has 1 aliphatic heterocycles. The smallest absolute Gasteiger partial charge is 0.363 e. The van der Waals surface area contributed by atoms with E-state index in [-0.39, 0.29) is 5.70 Å². The number of ether oxygens (including phenoxy) is 1. The molecule has 0 aliphatic carbocycles. The summed E-state index contributed by atoms with van der Waals surface area (Å²) >= 11 is 11.8. The Morgan fingerprint density at radius 2 is 1.76 bits per heavy atom. The lowest BCUT2D eigenvalue weighted by molar-refractivity contribution is -0.129. The van der Waals surface area contributed by atoms with Gasteiger partial charge in [0.1, 0.15) is 0 Å². The summed E-state index contributed by atoms with van der Waals surface area (Å²) in [5.41, 5.74) is 1.71. The molecule has 2 aromatic carbocycles. The molecule has 0 N–H and O–H groups in total. The van der Waals surface area contributed by atoms with E-state index in [0.717, 1.165) is 11.1 Å². The van der Waals surface area contributed by atoms with Crippen LogP contribution in [0.4, 0.5) is 0 Å². The number of nitrogens with zero attached hydrogens (tertiary/aromatic N) is 1. The number of carbonyl (C=O) groups is 1. The first-order valence-corrected chi connectivity index (χ1v) is 6.92. The van der Waals surface area contributed by atoms with Gasteiger partial charge in [0.25, 0.3) is 0 Å². The molecule has 0 aromatic heterocycles. The van der Waals surface area contributed by atoms with Crippen LogP contribution in [0.1, 0.15) is 11.1 Å². The maximum Gasteiger partial charge on any atom is 0.363 e. The molecule has 0 atom stereocenters. The van der Waals surface area contributed by atoms with Crippen molar-refractivity contribution >= 4 is 41.1 Å². The van der Waals surface area contributed by atoms with Gasteiger partial charge >= 0.3 is 5.97 Å². The standard InChI is InChI=1S/C16H9Cl2NO2/c17-12-7-6-10(8-13(12)18)9-14-16(20)21-15(19-14)11-4-2-1-3-5-11/h1-9H/b14-9-. The zero-order valence-electron chi connectivity index (χ0n) is 10.7. The summed E-state index contributed by atoms with van der Waals surface area (Å²) in [5, 5.41) is 0.880. The van der Waals surface area contributed by atoms with E-state index in [0.29, 0.717) is 15.9 Å². The molecule has 0 unspecified atom stereocenters. The number of halogens is 2. The van der Waals surface area contributed by atoms with Crippen LogP contribution < -0.4 is 0 Å². The highest BCUT2D eigenvalue weighted by atomic mass is 35.5. The van der Waals surface area contributed by atoms with Crippen LogP contribution in [0.2, 0.25) is 10.0 Å². The van der Waals surface area contributed by atoms with Crippen LogP contribution in [0, 0.1) is 0 Å². The molecule has 0 spiro atoms. The third-order valence-electron chi connectivity index (χ3n) is 2.89. The van der Waals surface area contributed by atoms with Crippen molar-refractivity contribution in [3.05, 3.63) is 75.4 Å². The predicted molar refractivity (Wildman–Crippen MR) is 83.5 cm³/mol. The van der Waals surface area contributed by atoms with Crippen LogP contribution in [0.15, 0.2) is 59.2 Å². The second-order valence-electron chi connectivity index (χ2n) is 4.38. The molecule has 5 heteroatoms. The first kappa shape index (κ1) is 13.9. The summed E-state index contributed by atoms with van der Waals surface area (Å²) < 4.78 is 5.17. The van der Waals surface area contributed by atoms with Gasteiger partial charge in [0, 0.05) is 5.56 Å². The lowest BCUT2D eigenvalue weighted by Gasteiger charge is -1.98. The van der Waals surface area contributed by atoms with E-state index >= 15 is 0 Å². The summed E-state index contributed by atoms with van der Waals surface area (Å²) in [7, 11) is 0. The minimum atomic E-state index is -0.486. The van der Waals surface area contributed by atoms with E-state index < -0.39 is 5.97 Å². The van der Waals surface area contributed by atoms with Crippen LogP contribution in [0.5, 0.6) is 0 Å². The van der Waals surface area contributed by atoms with Gasteiger partial charge in [0.05, 0.1) is 10.0 Å². The van der Waals surface area contributed by atoms with Crippen LogP contribution in [-0.4, -0.2) is 11.9 Å². The van der Waals surface area contributed by atoms with Crippen molar-refractivity contribution in [2.45, 2.75) is 0 Å². The molecule has 0 radical (unpaired) electrons. The maximum atomic E-state index is 11.9. The minimum absolute atomic E-state index is 0.229. The van der Waals surface area contributed by atoms with Gasteiger partial charge in [-0.1, -0.05) is 47.5 Å². The van der Waals surface area contributed by atoms with Crippen LogP contribution >= 0.6 is 23.2 Å². The van der Waals surface area contributed by atoms with E-state index in [9.17, 15) is 4.79 Å². The van der Waals surface area contributed by atoms with E-state index in [4.69, 9.17) is 27.9 Å². The molecule has 1 aliphatic rings. The Morgan fingerprint density at radius 1 is 1.00 bits per heavy atom. The Balaban J connectivity index is 1.95. The Morgan fingerprint density at radius 3 is 2.48 bits per heavy atom. The zero-order valence-corrected chi connectivity index (χ0v) is 12.2. The van der Waals surface area contributed by atoms with E-state index in [1.165, 1.54) is 0 Å². The second-order valence-corrected chi connectivity index (χ2v) is 5.19. The van der Waals surface area contributed by atoms with Crippen molar-refractivity contribution in [2.75, 3.05) is 0 Å². The predicted octanol–water partition coefficient (Wildman–Crippen LogP) is 4.34. The molecule has 0 amide bonds.